The molecule has 2 N–H and O–H groups in total. The summed E-state index contributed by atoms with van der Waals surface area (Å²) in [5.41, 5.74) is 3.22. The third-order valence-corrected chi connectivity index (χ3v) is 9.07. The maximum absolute atomic E-state index is 13.5. The van der Waals surface area contributed by atoms with E-state index in [2.05, 4.69) is 20.8 Å². The van der Waals surface area contributed by atoms with Crippen LogP contribution in [0.25, 0.3) is 5.69 Å². The Morgan fingerprint density at radius 3 is 2.36 bits per heavy atom. The van der Waals surface area contributed by atoms with Crippen molar-refractivity contribution >= 4 is 51.9 Å². The molecule has 0 bridgehead atoms. The molecule has 47 heavy (non-hydrogen) atoms. The van der Waals surface area contributed by atoms with Crippen LogP contribution in [-0.2, 0) is 25.6 Å². The van der Waals surface area contributed by atoms with Gasteiger partial charge in [0.15, 0.2) is 17.6 Å². The first-order chi connectivity index (χ1) is 22.5. The molecule has 0 aliphatic carbocycles. The molecule has 4 rings (SSSR count). The second kappa shape index (κ2) is 16.2. The first-order valence-electron chi connectivity index (χ1n) is 15.0. The van der Waals surface area contributed by atoms with E-state index in [1.807, 2.05) is 54.8 Å². The van der Waals surface area contributed by atoms with Gasteiger partial charge in [-0.2, -0.15) is 0 Å². The van der Waals surface area contributed by atoms with E-state index < -0.39 is 23.1 Å². The van der Waals surface area contributed by atoms with Crippen molar-refractivity contribution in [1.29, 1.82) is 0 Å². The molecule has 0 spiro atoms. The number of rotatable bonds is 14. The summed E-state index contributed by atoms with van der Waals surface area (Å²) in [6, 6.07) is 15.0. The van der Waals surface area contributed by atoms with Gasteiger partial charge in [-0.3, -0.25) is 14.2 Å². The Morgan fingerprint density at radius 2 is 1.66 bits per heavy atom. The summed E-state index contributed by atoms with van der Waals surface area (Å²) < 4.78 is 17.7. The molecule has 14 heteroatoms. The third kappa shape index (κ3) is 8.77. The number of aromatic nitrogens is 3. The quantitative estimate of drug-likeness (QED) is 0.131. The molecular weight excluding hydrogens is 643 g/mol. The van der Waals surface area contributed by atoms with Crippen molar-refractivity contribution in [3.8, 4) is 11.4 Å². The molecule has 2 amide bonds. The monoisotopic (exact) mass is 679 g/mol. The molecule has 2 aromatic carbocycles. The molecule has 1 atom stereocenters. The maximum Gasteiger partial charge on any atom is 0.348 e. The summed E-state index contributed by atoms with van der Waals surface area (Å²) in [6.07, 6.45) is 0. The highest BCUT2D eigenvalue weighted by atomic mass is 32.2. The fourth-order valence-corrected chi connectivity index (χ4v) is 6.43. The summed E-state index contributed by atoms with van der Waals surface area (Å²) in [5.74, 6) is -0.965. The fourth-order valence-electron chi connectivity index (χ4n) is 4.45. The Bertz CT molecular complexity index is 1750. The van der Waals surface area contributed by atoms with Gasteiger partial charge < -0.3 is 24.8 Å². The van der Waals surface area contributed by atoms with Crippen LogP contribution in [0.15, 0.2) is 53.7 Å². The van der Waals surface area contributed by atoms with E-state index in [1.54, 1.807) is 39.8 Å². The summed E-state index contributed by atoms with van der Waals surface area (Å²) in [4.78, 5) is 51.7. The number of nitrogens with one attached hydrogen (secondary N) is 2. The second-order valence-corrected chi connectivity index (χ2v) is 12.7. The number of hydrogen-bond acceptors (Lipinski definition) is 11. The molecule has 4 aromatic rings. The molecule has 0 aliphatic heterocycles. The van der Waals surface area contributed by atoms with E-state index in [0.717, 1.165) is 39.9 Å². The van der Waals surface area contributed by atoms with Crippen LogP contribution in [0.5, 0.6) is 5.75 Å². The van der Waals surface area contributed by atoms with Gasteiger partial charge in [-0.05, 0) is 76.4 Å². The Kier molecular flexibility index (Phi) is 12.1. The molecule has 2 heterocycles. The number of nitrogens with zero attached hydrogens (tertiary/aromatic N) is 3. The van der Waals surface area contributed by atoms with Crippen LogP contribution in [-0.4, -0.2) is 63.6 Å². The lowest BCUT2D eigenvalue weighted by molar-refractivity contribution is -0.123. The van der Waals surface area contributed by atoms with E-state index in [4.69, 9.17) is 14.2 Å². The van der Waals surface area contributed by atoms with E-state index in [9.17, 15) is 19.2 Å². The predicted molar refractivity (Wildman–Crippen MR) is 180 cm³/mol. The average molecular weight is 680 g/mol. The van der Waals surface area contributed by atoms with E-state index in [-0.39, 0.29) is 47.7 Å². The zero-order valence-corrected chi connectivity index (χ0v) is 28.7. The van der Waals surface area contributed by atoms with Gasteiger partial charge in [0, 0.05) is 0 Å². The average Bonchev–Trinajstić information content (AvgIpc) is 3.60. The molecule has 0 saturated carbocycles. The van der Waals surface area contributed by atoms with Crippen LogP contribution in [0, 0.1) is 20.8 Å². The number of ether oxygens (including phenoxy) is 3. The van der Waals surface area contributed by atoms with Crippen LogP contribution in [0.1, 0.15) is 63.3 Å². The van der Waals surface area contributed by atoms with Crippen molar-refractivity contribution < 1.29 is 33.4 Å². The highest BCUT2D eigenvalue weighted by molar-refractivity contribution is 8.00. The predicted octanol–water partition coefficient (Wildman–Crippen LogP) is 5.42. The van der Waals surface area contributed by atoms with Crippen LogP contribution < -0.4 is 15.4 Å². The van der Waals surface area contributed by atoms with Crippen LogP contribution >= 0.6 is 23.1 Å². The van der Waals surface area contributed by atoms with Crippen molar-refractivity contribution in [2.24, 2.45) is 0 Å². The van der Waals surface area contributed by atoms with Crippen molar-refractivity contribution in [2.45, 2.75) is 58.5 Å². The lowest BCUT2D eigenvalue weighted by Crippen LogP contribution is -2.29. The smallest absolute Gasteiger partial charge is 0.348 e. The fraction of sp³-hybridized carbons (Fsp3) is 0.333. The lowest BCUT2D eigenvalue weighted by atomic mass is 10.1. The van der Waals surface area contributed by atoms with Gasteiger partial charge in [-0.1, -0.05) is 42.1 Å². The van der Waals surface area contributed by atoms with Gasteiger partial charge >= 0.3 is 11.9 Å². The number of aryl methyl sites for hydroxylation is 2. The number of thiophene rings is 1. The molecular formula is C33H37N5O7S2. The van der Waals surface area contributed by atoms with Crippen molar-refractivity contribution in [3.63, 3.8) is 0 Å². The topological polar surface area (TPSA) is 151 Å². The molecule has 1 unspecified atom stereocenters. The summed E-state index contributed by atoms with van der Waals surface area (Å²) in [5, 5.41) is 14.3. The van der Waals surface area contributed by atoms with Gasteiger partial charge in [0.25, 0.3) is 5.91 Å². The number of hydrogen-bond donors (Lipinski definition) is 2. The standard InChI is InChI=1S/C33H37N5O7S2/c1-7-43-31(41)27-21(5)28(32(42)44-8-2)47-30(27)35-29(40)22(6)46-33-37-36-25(38(33)24-16-19(3)14-15-20(24)4)17-34-26(39)18-45-23-12-10-9-11-13-23/h9-16,22H,7-8,17-18H2,1-6H3,(H,34,39)(H,35,40). The number of amides is 2. The van der Waals surface area contributed by atoms with Crippen molar-refractivity contribution in [1.82, 2.24) is 20.1 Å². The second-order valence-electron chi connectivity index (χ2n) is 10.4. The van der Waals surface area contributed by atoms with Crippen molar-refractivity contribution in [3.05, 3.63) is 81.5 Å². The largest absolute Gasteiger partial charge is 0.484 e. The Morgan fingerprint density at radius 1 is 0.957 bits per heavy atom. The number of thioether (sulfide) groups is 1. The number of anilines is 1. The molecule has 0 fully saturated rings. The Hall–Kier alpha value is -4.69. The van der Waals surface area contributed by atoms with Crippen LogP contribution in [0.3, 0.4) is 0 Å². The van der Waals surface area contributed by atoms with Gasteiger partial charge in [-0.25, -0.2) is 9.59 Å². The molecule has 0 aliphatic rings. The molecule has 0 saturated heterocycles. The van der Waals surface area contributed by atoms with E-state index >= 15 is 0 Å². The number of carbonyl (C=O) groups is 4. The highest BCUT2D eigenvalue weighted by Crippen LogP contribution is 2.35. The zero-order valence-electron chi connectivity index (χ0n) is 27.0. The normalized spacial score (nSPS) is 11.4. The zero-order chi connectivity index (χ0) is 34.1. The first-order valence-corrected chi connectivity index (χ1v) is 16.6. The van der Waals surface area contributed by atoms with Gasteiger partial charge in [-0.15, -0.1) is 21.5 Å². The SMILES string of the molecule is CCOC(=O)c1sc(NC(=O)C(C)Sc2nnc(CNC(=O)COc3ccccc3)n2-c2cc(C)ccc2C)c(C(=O)OCC)c1C. The Balaban J connectivity index is 1.56. The number of para-hydroxylation sites is 1. The van der Waals surface area contributed by atoms with Crippen molar-refractivity contribution in [2.75, 3.05) is 25.1 Å². The van der Waals surface area contributed by atoms with Gasteiger partial charge in [0.1, 0.15) is 15.6 Å². The summed E-state index contributed by atoms with van der Waals surface area (Å²) in [7, 11) is 0. The summed E-state index contributed by atoms with van der Waals surface area (Å²) >= 11 is 2.12. The van der Waals surface area contributed by atoms with Crippen LogP contribution in [0.4, 0.5) is 5.00 Å². The number of esters is 2. The molecule has 248 valence electrons. The number of carbonyl (C=O) groups excluding carboxylic acids is 4. The van der Waals surface area contributed by atoms with E-state index in [1.165, 1.54) is 0 Å². The first kappa shape index (κ1) is 35.2. The molecule has 0 radical (unpaired) electrons. The summed E-state index contributed by atoms with van der Waals surface area (Å²) in [6.45, 7) is 10.8. The molecule has 12 nitrogen and oxygen atoms in total. The van der Waals surface area contributed by atoms with E-state index in [0.29, 0.717) is 22.3 Å². The molecule has 2 aromatic heterocycles. The van der Waals surface area contributed by atoms with Gasteiger partial charge in [0.05, 0.1) is 36.3 Å². The minimum atomic E-state index is -0.715. The number of benzene rings is 2. The van der Waals surface area contributed by atoms with Gasteiger partial charge in [0.2, 0.25) is 5.91 Å². The minimum Gasteiger partial charge on any atom is -0.484 e. The minimum absolute atomic E-state index is 0.0620. The Labute approximate surface area is 281 Å². The highest BCUT2D eigenvalue weighted by Gasteiger charge is 2.29. The lowest BCUT2D eigenvalue weighted by Gasteiger charge is -2.16. The third-order valence-electron chi connectivity index (χ3n) is 6.84. The van der Waals surface area contributed by atoms with Crippen LogP contribution in [0.2, 0.25) is 0 Å². The maximum atomic E-state index is 13.5.